The molecule has 0 radical (unpaired) electrons. The third-order valence-electron chi connectivity index (χ3n) is 5.20. The van der Waals surface area contributed by atoms with Crippen LogP contribution in [0.15, 0.2) is 54.6 Å². The third kappa shape index (κ3) is 5.46. The summed E-state index contributed by atoms with van der Waals surface area (Å²) in [4.78, 5) is 31.8. The number of methoxy groups -OCH3 is 1. The number of hydrogen-bond donors (Lipinski definition) is 1. The van der Waals surface area contributed by atoms with Gasteiger partial charge in [-0.05, 0) is 57.7 Å². The van der Waals surface area contributed by atoms with Crippen molar-refractivity contribution in [2.75, 3.05) is 12.4 Å². The first-order chi connectivity index (χ1) is 16.4. The normalized spacial score (nSPS) is 14.1. The van der Waals surface area contributed by atoms with Crippen LogP contribution >= 0.6 is 11.3 Å². The lowest BCUT2D eigenvalue weighted by Gasteiger charge is -2.14. The maximum absolute atomic E-state index is 13.3. The largest absolute Gasteiger partial charge is 0.496 e. The van der Waals surface area contributed by atoms with Gasteiger partial charge in [0.05, 0.1) is 24.6 Å². The van der Waals surface area contributed by atoms with Gasteiger partial charge in [-0.1, -0.05) is 35.6 Å². The summed E-state index contributed by atoms with van der Waals surface area (Å²) >= 11 is 1.29. The number of thiazole rings is 1. The quantitative estimate of drug-likeness (QED) is 0.320. The fraction of sp³-hybridized carbons (Fsp3) is 0.269. The molecule has 7 nitrogen and oxygen atoms in total. The number of ether oxygens (including phenoxy) is 1. The lowest BCUT2D eigenvalue weighted by Crippen LogP contribution is -2.15. The molecular formula is C26H27N5O2S. The van der Waals surface area contributed by atoms with Crippen molar-refractivity contribution in [1.29, 1.82) is 0 Å². The summed E-state index contributed by atoms with van der Waals surface area (Å²) in [6.07, 6.45) is 13.5. The number of nitrogens with one attached hydrogen (secondary N) is 1. The molecule has 4 rings (SSSR count). The van der Waals surface area contributed by atoms with Crippen LogP contribution in [0.2, 0.25) is 0 Å². The van der Waals surface area contributed by atoms with E-state index >= 15 is 0 Å². The Balaban J connectivity index is 1.67. The second-order valence-corrected chi connectivity index (χ2v) is 9.35. The molecule has 34 heavy (non-hydrogen) atoms. The molecule has 0 unspecified atom stereocenters. The topological polar surface area (TPSA) is 89.9 Å². The molecule has 1 aliphatic carbocycles. The monoisotopic (exact) mass is 473 g/mol. The minimum absolute atomic E-state index is 0.324. The van der Waals surface area contributed by atoms with Gasteiger partial charge in [0.15, 0.2) is 15.6 Å². The molecule has 1 saturated carbocycles. The molecule has 3 aromatic rings. The molecule has 3 aromatic heterocycles. The highest BCUT2D eigenvalue weighted by molar-refractivity contribution is 7.21. The van der Waals surface area contributed by atoms with Crippen LogP contribution in [0.5, 0.6) is 0 Å². The number of carbonyl (C=O) groups is 1. The first-order valence-electron chi connectivity index (χ1n) is 11.0. The molecule has 0 spiro atoms. The number of aromatic nitrogens is 4. The Labute approximate surface area is 203 Å². The van der Waals surface area contributed by atoms with Gasteiger partial charge in [-0.3, -0.25) is 15.1 Å². The molecule has 1 amide bonds. The van der Waals surface area contributed by atoms with E-state index in [1.807, 2.05) is 39.0 Å². The van der Waals surface area contributed by atoms with Crippen molar-refractivity contribution >= 4 is 44.5 Å². The lowest BCUT2D eigenvalue weighted by atomic mass is 9.97. The van der Waals surface area contributed by atoms with Crippen LogP contribution in [0.1, 0.15) is 54.0 Å². The van der Waals surface area contributed by atoms with Gasteiger partial charge in [0.25, 0.3) is 5.91 Å². The summed E-state index contributed by atoms with van der Waals surface area (Å²) in [5.41, 5.74) is 5.00. The number of pyridine rings is 1. The van der Waals surface area contributed by atoms with E-state index in [4.69, 9.17) is 4.74 Å². The second-order valence-electron chi connectivity index (χ2n) is 8.37. The number of amides is 1. The zero-order valence-electron chi connectivity index (χ0n) is 19.8. The summed E-state index contributed by atoms with van der Waals surface area (Å²) in [6, 6.07) is 1.87. The first kappa shape index (κ1) is 23.5. The van der Waals surface area contributed by atoms with Crippen LogP contribution in [0.4, 0.5) is 5.13 Å². The third-order valence-corrected chi connectivity index (χ3v) is 6.06. The van der Waals surface area contributed by atoms with Crippen LogP contribution < -0.4 is 5.32 Å². The SMILES string of the molecule is C=C/C(OC)=C(\C=C(C)C)c1cc(C)ncc1C(=O)Nc1nc2ncc(/C=C/C3CC3)nc2s1. The van der Waals surface area contributed by atoms with Crippen molar-refractivity contribution in [3.05, 3.63) is 77.1 Å². The molecule has 0 bridgehead atoms. The molecule has 0 aromatic carbocycles. The predicted molar refractivity (Wildman–Crippen MR) is 137 cm³/mol. The maximum Gasteiger partial charge on any atom is 0.259 e. The number of nitrogens with zero attached hydrogens (tertiary/aromatic N) is 4. The molecule has 1 aliphatic rings. The van der Waals surface area contributed by atoms with E-state index in [0.717, 1.165) is 22.5 Å². The average molecular weight is 474 g/mol. The average Bonchev–Trinajstić information content (AvgIpc) is 3.55. The Morgan fingerprint density at radius 3 is 2.68 bits per heavy atom. The Morgan fingerprint density at radius 1 is 1.21 bits per heavy atom. The molecule has 1 N–H and O–H groups in total. The van der Waals surface area contributed by atoms with Gasteiger partial charge in [-0.25, -0.2) is 9.97 Å². The zero-order chi connectivity index (χ0) is 24.2. The van der Waals surface area contributed by atoms with Crippen molar-refractivity contribution in [1.82, 2.24) is 19.9 Å². The van der Waals surface area contributed by atoms with E-state index in [2.05, 4.69) is 37.9 Å². The van der Waals surface area contributed by atoms with Crippen molar-refractivity contribution in [3.63, 3.8) is 0 Å². The molecule has 0 aliphatic heterocycles. The van der Waals surface area contributed by atoms with E-state index in [-0.39, 0.29) is 5.91 Å². The van der Waals surface area contributed by atoms with Crippen molar-refractivity contribution < 1.29 is 9.53 Å². The Kier molecular flexibility index (Phi) is 6.98. The fourth-order valence-electron chi connectivity index (χ4n) is 3.39. The fourth-order valence-corrected chi connectivity index (χ4v) is 4.19. The lowest BCUT2D eigenvalue weighted by molar-refractivity contribution is 0.102. The van der Waals surface area contributed by atoms with E-state index in [1.54, 1.807) is 25.6 Å². The number of fused-ring (bicyclic) bond motifs is 1. The van der Waals surface area contributed by atoms with Crippen LogP contribution in [0.3, 0.4) is 0 Å². The van der Waals surface area contributed by atoms with E-state index in [9.17, 15) is 4.79 Å². The standard InChI is InChI=1S/C26H27N5O2S/c1-6-22(33-5)20(11-15(2)3)19-12-16(4)27-14-21(19)24(32)31-26-30-23-25(34-26)29-18(13-28-23)10-9-17-7-8-17/h6,9-14,17H,1,7-8H2,2-5H3,(H,28,30,31,32)/b10-9+,22-20-. The van der Waals surface area contributed by atoms with E-state index in [1.165, 1.54) is 24.2 Å². The molecule has 174 valence electrons. The number of rotatable bonds is 8. The van der Waals surface area contributed by atoms with Gasteiger partial charge in [0, 0.05) is 23.0 Å². The summed E-state index contributed by atoms with van der Waals surface area (Å²) in [7, 11) is 1.58. The predicted octanol–water partition coefficient (Wildman–Crippen LogP) is 5.97. The van der Waals surface area contributed by atoms with Gasteiger partial charge in [-0.2, -0.15) is 4.98 Å². The van der Waals surface area contributed by atoms with Crippen molar-refractivity contribution in [3.8, 4) is 0 Å². The van der Waals surface area contributed by atoms with Gasteiger partial charge < -0.3 is 4.74 Å². The van der Waals surface area contributed by atoms with Gasteiger partial charge in [0.2, 0.25) is 0 Å². The molecule has 8 heteroatoms. The van der Waals surface area contributed by atoms with Crippen LogP contribution in [0, 0.1) is 12.8 Å². The Bertz CT molecular complexity index is 1340. The Hall–Kier alpha value is -3.65. The maximum atomic E-state index is 13.3. The number of anilines is 1. The van der Waals surface area contributed by atoms with Gasteiger partial charge >= 0.3 is 0 Å². The molecule has 0 saturated heterocycles. The highest BCUT2D eigenvalue weighted by Crippen LogP contribution is 2.31. The number of aryl methyl sites for hydroxylation is 1. The van der Waals surface area contributed by atoms with Gasteiger partial charge in [-0.15, -0.1) is 0 Å². The molecular weight excluding hydrogens is 446 g/mol. The van der Waals surface area contributed by atoms with Gasteiger partial charge in [0.1, 0.15) is 5.76 Å². The molecule has 3 heterocycles. The number of carbonyl (C=O) groups excluding carboxylic acids is 1. The second kappa shape index (κ2) is 10.1. The van der Waals surface area contributed by atoms with Crippen LogP contribution in [-0.2, 0) is 4.74 Å². The number of allylic oxidation sites excluding steroid dienone is 5. The summed E-state index contributed by atoms with van der Waals surface area (Å²) < 4.78 is 5.53. The van der Waals surface area contributed by atoms with Crippen LogP contribution in [-0.4, -0.2) is 33.0 Å². The summed E-state index contributed by atoms with van der Waals surface area (Å²) in [5, 5.41) is 3.32. The van der Waals surface area contributed by atoms with Crippen LogP contribution in [0.25, 0.3) is 22.1 Å². The molecule has 1 fully saturated rings. The van der Waals surface area contributed by atoms with E-state index in [0.29, 0.717) is 38.4 Å². The minimum Gasteiger partial charge on any atom is -0.496 e. The van der Waals surface area contributed by atoms with Crippen molar-refractivity contribution in [2.24, 2.45) is 5.92 Å². The highest BCUT2D eigenvalue weighted by atomic mass is 32.1. The first-order valence-corrected chi connectivity index (χ1v) is 11.9. The highest BCUT2D eigenvalue weighted by Gasteiger charge is 2.20. The number of hydrogen-bond acceptors (Lipinski definition) is 7. The van der Waals surface area contributed by atoms with E-state index < -0.39 is 0 Å². The smallest absolute Gasteiger partial charge is 0.259 e. The minimum atomic E-state index is -0.324. The zero-order valence-corrected chi connectivity index (χ0v) is 20.6. The summed E-state index contributed by atoms with van der Waals surface area (Å²) in [6.45, 7) is 9.70. The molecule has 0 atom stereocenters. The Morgan fingerprint density at radius 2 is 2.00 bits per heavy atom. The summed E-state index contributed by atoms with van der Waals surface area (Å²) in [5.74, 6) is 0.909. The van der Waals surface area contributed by atoms with Crippen molar-refractivity contribution in [2.45, 2.75) is 33.6 Å².